The van der Waals surface area contributed by atoms with E-state index in [2.05, 4.69) is 46.4 Å². The Morgan fingerprint density at radius 2 is 0.708 bits per heavy atom. The van der Waals surface area contributed by atoms with Crippen molar-refractivity contribution in [3.63, 3.8) is 0 Å². The van der Waals surface area contributed by atoms with Gasteiger partial charge in [0.15, 0.2) is 0 Å². The number of unbranched alkanes of at least 4 members (excludes halogenated alkanes) is 18. The molecule has 1 amide bonds. The first kappa shape index (κ1) is 68.8. The fourth-order valence-corrected chi connectivity index (χ4v) is 8.87. The van der Waals surface area contributed by atoms with E-state index in [0.29, 0.717) is 38.6 Å². The van der Waals surface area contributed by atoms with Crippen molar-refractivity contribution in [3.8, 4) is 0 Å². The Labute approximate surface area is 440 Å². The first-order chi connectivity index (χ1) is 34.8. The Hall–Kier alpha value is -3.22. The Bertz CT molecular complexity index is 1300. The summed E-state index contributed by atoms with van der Waals surface area (Å²) in [7, 11) is 4.00. The summed E-state index contributed by atoms with van der Waals surface area (Å²) in [6.45, 7) is 13.7. The summed E-state index contributed by atoms with van der Waals surface area (Å²) >= 11 is 0. The highest BCUT2D eigenvalue weighted by atomic mass is 16.6. The molecule has 3 unspecified atom stereocenters. The SMILES string of the molecule is CCCCCCC(CCC)OC(=O)CCC(=O)N(CCCCN(C)C)C(COC(=O)CCCCCCCCC(=O)OC(CC)CCCCC)COC(=O)CCCCCCCCC(=O)OC(CC)CCCCC. The zero-order valence-electron chi connectivity index (χ0n) is 47.7. The van der Waals surface area contributed by atoms with Crippen molar-refractivity contribution >= 4 is 35.8 Å². The normalized spacial score (nSPS) is 13.0. The lowest BCUT2D eigenvalue weighted by atomic mass is 10.1. The number of carbonyl (C=O) groups is 6. The third-order valence-electron chi connectivity index (χ3n) is 13.5. The third kappa shape index (κ3) is 41.2. The van der Waals surface area contributed by atoms with Gasteiger partial charge in [-0.25, -0.2) is 0 Å². The summed E-state index contributed by atoms with van der Waals surface area (Å²) in [5, 5.41) is 0. The predicted octanol–water partition coefficient (Wildman–Crippen LogP) is 14.1. The number of amides is 1. The molecule has 13 nitrogen and oxygen atoms in total. The van der Waals surface area contributed by atoms with Crippen molar-refractivity contribution in [2.75, 3.05) is 40.4 Å². The second-order valence-electron chi connectivity index (χ2n) is 20.6. The molecule has 0 N–H and O–H groups in total. The quantitative estimate of drug-likeness (QED) is 0.0323. The van der Waals surface area contributed by atoms with E-state index < -0.39 is 6.04 Å². The highest BCUT2D eigenvalue weighted by Gasteiger charge is 2.28. The van der Waals surface area contributed by atoms with Crippen LogP contribution >= 0.6 is 0 Å². The molecule has 0 saturated heterocycles. The molecule has 0 aromatic rings. The molecular formula is C59H110N2O11. The van der Waals surface area contributed by atoms with Gasteiger partial charge in [-0.05, 0) is 117 Å². The van der Waals surface area contributed by atoms with Crippen molar-refractivity contribution in [1.82, 2.24) is 9.80 Å². The number of nitrogens with zero attached hydrogens (tertiary/aromatic N) is 2. The minimum Gasteiger partial charge on any atom is -0.463 e. The molecule has 3 atom stereocenters. The molecule has 0 aliphatic carbocycles. The lowest BCUT2D eigenvalue weighted by Crippen LogP contribution is -2.47. The fraction of sp³-hybridized carbons (Fsp3) is 0.898. The van der Waals surface area contributed by atoms with Gasteiger partial charge in [0.2, 0.25) is 5.91 Å². The summed E-state index contributed by atoms with van der Waals surface area (Å²) in [5.41, 5.74) is 0. The van der Waals surface area contributed by atoms with Crippen molar-refractivity contribution in [2.45, 2.75) is 303 Å². The Balaban J connectivity index is 5.42. The van der Waals surface area contributed by atoms with E-state index in [4.69, 9.17) is 23.7 Å². The van der Waals surface area contributed by atoms with Crippen LogP contribution in [0, 0.1) is 0 Å². The summed E-state index contributed by atoms with van der Waals surface area (Å²) in [4.78, 5) is 81.9. The van der Waals surface area contributed by atoms with Crippen molar-refractivity contribution in [2.24, 2.45) is 0 Å². The van der Waals surface area contributed by atoms with E-state index in [-0.39, 0.29) is 93.0 Å². The highest BCUT2D eigenvalue weighted by molar-refractivity contribution is 5.82. The molecule has 0 heterocycles. The lowest BCUT2D eigenvalue weighted by molar-refractivity contribution is -0.155. The molecule has 0 aromatic heterocycles. The number of esters is 5. The Morgan fingerprint density at radius 3 is 1.14 bits per heavy atom. The highest BCUT2D eigenvalue weighted by Crippen LogP contribution is 2.19. The first-order valence-corrected chi connectivity index (χ1v) is 29.7. The maximum absolute atomic E-state index is 14.1. The van der Waals surface area contributed by atoms with Gasteiger partial charge in [0.25, 0.3) is 0 Å². The monoisotopic (exact) mass is 1020 g/mol. The third-order valence-corrected chi connectivity index (χ3v) is 13.5. The molecule has 72 heavy (non-hydrogen) atoms. The molecule has 0 radical (unpaired) electrons. The molecule has 422 valence electrons. The molecule has 0 aliphatic heterocycles. The molecule has 13 heteroatoms. The number of carbonyl (C=O) groups excluding carboxylic acids is 6. The van der Waals surface area contributed by atoms with Crippen LogP contribution in [-0.4, -0.2) is 110 Å². The molecule has 0 fully saturated rings. The number of ether oxygens (including phenoxy) is 5. The maximum atomic E-state index is 14.1. The molecule has 0 aliphatic rings. The minimum absolute atomic E-state index is 0.0155. The largest absolute Gasteiger partial charge is 0.463 e. The van der Waals surface area contributed by atoms with Gasteiger partial charge >= 0.3 is 29.8 Å². The van der Waals surface area contributed by atoms with Crippen LogP contribution in [0.3, 0.4) is 0 Å². The van der Waals surface area contributed by atoms with E-state index in [1.54, 1.807) is 4.90 Å². The lowest BCUT2D eigenvalue weighted by Gasteiger charge is -2.31. The number of hydrogen-bond acceptors (Lipinski definition) is 12. The number of hydrogen-bond donors (Lipinski definition) is 0. The van der Waals surface area contributed by atoms with E-state index in [1.807, 2.05) is 14.1 Å². The van der Waals surface area contributed by atoms with Gasteiger partial charge in [0, 0.05) is 38.6 Å². The van der Waals surface area contributed by atoms with Gasteiger partial charge < -0.3 is 33.5 Å². The van der Waals surface area contributed by atoms with Crippen LogP contribution in [0.2, 0.25) is 0 Å². The van der Waals surface area contributed by atoms with Crippen LogP contribution in [0.5, 0.6) is 0 Å². The fourth-order valence-electron chi connectivity index (χ4n) is 8.87. The summed E-state index contributed by atoms with van der Waals surface area (Å²) in [5.74, 6) is -1.61. The average Bonchev–Trinajstić information content (AvgIpc) is 3.35. The summed E-state index contributed by atoms with van der Waals surface area (Å²) < 4.78 is 28.9. The standard InChI is InChI=1S/C59H110N2O11/c1-9-15-18-29-39-53(36-12-4)72-59(67)45-44-54(62)61(47-35-34-46-60(7)8)50(48-68-55(63)40-30-23-19-21-25-32-42-57(65)70-51(13-5)37-27-16-10-2)49-69-56(64)41-31-24-20-22-26-33-43-58(66)71-52(14-6)38-28-17-11-3/h50-53H,9-49H2,1-8H3. The van der Waals surface area contributed by atoms with Gasteiger partial charge in [-0.2, -0.15) is 0 Å². The van der Waals surface area contributed by atoms with E-state index in [0.717, 1.165) is 186 Å². The van der Waals surface area contributed by atoms with Gasteiger partial charge in [0.1, 0.15) is 31.5 Å². The smallest absolute Gasteiger partial charge is 0.306 e. The first-order valence-electron chi connectivity index (χ1n) is 29.7. The molecular weight excluding hydrogens is 913 g/mol. The topological polar surface area (TPSA) is 155 Å². The summed E-state index contributed by atoms with van der Waals surface area (Å²) in [6.07, 6.45) is 30.2. The second-order valence-corrected chi connectivity index (χ2v) is 20.6. The summed E-state index contributed by atoms with van der Waals surface area (Å²) in [6, 6.07) is -0.710. The van der Waals surface area contributed by atoms with Gasteiger partial charge in [-0.15, -0.1) is 0 Å². The van der Waals surface area contributed by atoms with Gasteiger partial charge in [-0.3, -0.25) is 28.8 Å². The Morgan fingerprint density at radius 1 is 0.347 bits per heavy atom. The second kappa shape index (κ2) is 48.7. The van der Waals surface area contributed by atoms with Crippen LogP contribution in [0.1, 0.15) is 279 Å². The van der Waals surface area contributed by atoms with Crippen molar-refractivity contribution in [3.05, 3.63) is 0 Å². The maximum Gasteiger partial charge on any atom is 0.306 e. The van der Waals surface area contributed by atoms with Crippen molar-refractivity contribution < 1.29 is 52.5 Å². The van der Waals surface area contributed by atoms with Gasteiger partial charge in [-0.1, -0.05) is 144 Å². The van der Waals surface area contributed by atoms with E-state index in [9.17, 15) is 28.8 Å². The molecule has 0 aromatic carbocycles. The average molecular weight is 1020 g/mol. The molecule has 0 rings (SSSR count). The van der Waals surface area contributed by atoms with Crippen molar-refractivity contribution in [1.29, 1.82) is 0 Å². The zero-order valence-corrected chi connectivity index (χ0v) is 47.7. The van der Waals surface area contributed by atoms with E-state index in [1.165, 1.54) is 0 Å². The Kier molecular flexibility index (Phi) is 46.5. The molecule has 0 bridgehead atoms. The van der Waals surface area contributed by atoms with Crippen LogP contribution in [0.4, 0.5) is 0 Å². The van der Waals surface area contributed by atoms with Gasteiger partial charge in [0.05, 0.1) is 12.5 Å². The van der Waals surface area contributed by atoms with E-state index >= 15 is 0 Å². The number of rotatable bonds is 51. The van der Waals surface area contributed by atoms with Crippen LogP contribution in [-0.2, 0) is 52.5 Å². The minimum atomic E-state index is -0.710. The molecule has 0 spiro atoms. The van der Waals surface area contributed by atoms with Crippen LogP contribution < -0.4 is 0 Å². The molecule has 0 saturated carbocycles. The van der Waals surface area contributed by atoms with Crippen LogP contribution in [0.15, 0.2) is 0 Å². The van der Waals surface area contributed by atoms with Crippen LogP contribution in [0.25, 0.3) is 0 Å². The zero-order chi connectivity index (χ0) is 53.5. The predicted molar refractivity (Wildman–Crippen MR) is 290 cm³/mol.